The van der Waals surface area contributed by atoms with E-state index in [9.17, 15) is 10.1 Å². The molecule has 0 N–H and O–H groups in total. The Morgan fingerprint density at radius 2 is 1.64 bits per heavy atom. The fourth-order valence-corrected chi connectivity index (χ4v) is 6.10. The maximum Gasteiger partial charge on any atom is 0.254 e. The van der Waals surface area contributed by atoms with Gasteiger partial charge in [0.05, 0.1) is 23.8 Å². The average molecular weight is 653 g/mol. The lowest BCUT2D eigenvalue weighted by molar-refractivity contribution is 0.0337. The van der Waals surface area contributed by atoms with Crippen molar-refractivity contribution in [3.63, 3.8) is 0 Å². The molecule has 0 unspecified atom stereocenters. The van der Waals surface area contributed by atoms with E-state index >= 15 is 0 Å². The third-order valence-corrected chi connectivity index (χ3v) is 8.96. The number of carbonyl (C=O) groups is 1. The van der Waals surface area contributed by atoms with Gasteiger partial charge in [-0.15, -0.1) is 0 Å². The number of morpholine rings is 1. The van der Waals surface area contributed by atoms with Gasteiger partial charge in [0.1, 0.15) is 30.8 Å². The number of pyridine rings is 1. The minimum Gasteiger partial charge on any atom is -0.488 e. The minimum atomic E-state index is 0.0465. The van der Waals surface area contributed by atoms with Gasteiger partial charge in [-0.1, -0.05) is 41.9 Å². The molecule has 8 nitrogen and oxygen atoms in total. The highest BCUT2D eigenvalue weighted by Crippen LogP contribution is 2.36. The van der Waals surface area contributed by atoms with Gasteiger partial charge in [-0.25, -0.2) is 0 Å². The number of amides is 1. The molecule has 0 saturated carbocycles. The van der Waals surface area contributed by atoms with Gasteiger partial charge >= 0.3 is 0 Å². The maximum absolute atomic E-state index is 13.2. The number of nitrogens with zero attached hydrogens (tertiary/aromatic N) is 4. The highest BCUT2D eigenvalue weighted by atomic mass is 35.5. The third-order valence-electron chi connectivity index (χ3n) is 8.67. The number of ether oxygens (including phenoxy) is 3. The van der Waals surface area contributed by atoms with Crippen LogP contribution in [0, 0.1) is 25.2 Å². The number of nitriles is 1. The Hall–Kier alpha value is -4.42. The van der Waals surface area contributed by atoms with E-state index < -0.39 is 0 Å². The zero-order valence-corrected chi connectivity index (χ0v) is 28.3. The van der Waals surface area contributed by atoms with Crippen LogP contribution in [0.3, 0.4) is 0 Å². The van der Waals surface area contributed by atoms with Gasteiger partial charge in [-0.3, -0.25) is 14.7 Å². The molecule has 2 heterocycles. The van der Waals surface area contributed by atoms with Crippen molar-refractivity contribution in [2.24, 2.45) is 0 Å². The summed E-state index contributed by atoms with van der Waals surface area (Å²) in [5, 5.41) is 9.79. The molecular formula is C38H41ClN4O4. The zero-order chi connectivity index (χ0) is 33.3. The van der Waals surface area contributed by atoms with Crippen LogP contribution in [0.1, 0.15) is 57.6 Å². The van der Waals surface area contributed by atoms with E-state index in [1.807, 2.05) is 62.1 Å². The van der Waals surface area contributed by atoms with Crippen molar-refractivity contribution in [1.29, 1.82) is 5.26 Å². The van der Waals surface area contributed by atoms with Gasteiger partial charge in [0.15, 0.2) is 0 Å². The van der Waals surface area contributed by atoms with E-state index in [-0.39, 0.29) is 12.5 Å². The fourth-order valence-electron chi connectivity index (χ4n) is 5.86. The molecule has 1 amide bonds. The minimum absolute atomic E-state index is 0.0465. The van der Waals surface area contributed by atoms with Crippen LogP contribution in [0.2, 0.25) is 5.02 Å². The number of hydrogen-bond donors (Lipinski definition) is 0. The summed E-state index contributed by atoms with van der Waals surface area (Å²) in [7, 11) is 0. The Morgan fingerprint density at radius 1 is 0.936 bits per heavy atom. The number of carbonyl (C=O) groups excluding carboxylic acids is 1. The Morgan fingerprint density at radius 3 is 2.36 bits per heavy atom. The summed E-state index contributed by atoms with van der Waals surface area (Å²) < 4.78 is 18.2. The first-order valence-corrected chi connectivity index (χ1v) is 16.4. The second-order valence-corrected chi connectivity index (χ2v) is 12.0. The predicted molar refractivity (Wildman–Crippen MR) is 184 cm³/mol. The van der Waals surface area contributed by atoms with Gasteiger partial charge in [0.2, 0.25) is 0 Å². The normalized spacial score (nSPS) is 13.2. The lowest BCUT2D eigenvalue weighted by Crippen LogP contribution is -2.35. The highest BCUT2D eigenvalue weighted by molar-refractivity contribution is 6.32. The van der Waals surface area contributed by atoms with Crippen molar-refractivity contribution in [1.82, 2.24) is 14.8 Å². The highest BCUT2D eigenvalue weighted by Gasteiger charge is 2.20. The lowest BCUT2D eigenvalue weighted by Gasteiger charge is -2.27. The molecular weight excluding hydrogens is 612 g/mol. The van der Waals surface area contributed by atoms with Crippen LogP contribution in [0.25, 0.3) is 11.1 Å². The molecule has 9 heteroatoms. The van der Waals surface area contributed by atoms with Gasteiger partial charge in [0, 0.05) is 67.9 Å². The molecule has 1 aliphatic rings. The Balaban J connectivity index is 1.39. The molecule has 244 valence electrons. The molecule has 1 aliphatic heterocycles. The molecule has 5 rings (SSSR count). The average Bonchev–Trinajstić information content (AvgIpc) is 3.09. The predicted octanol–water partition coefficient (Wildman–Crippen LogP) is 7.36. The molecule has 0 spiro atoms. The second-order valence-electron chi connectivity index (χ2n) is 11.6. The number of benzene rings is 3. The van der Waals surface area contributed by atoms with Crippen molar-refractivity contribution in [2.45, 2.75) is 47.5 Å². The zero-order valence-electron chi connectivity index (χ0n) is 27.5. The van der Waals surface area contributed by atoms with Crippen LogP contribution in [0.5, 0.6) is 11.5 Å². The quantitative estimate of drug-likeness (QED) is 0.158. The molecule has 0 atom stereocenters. The second kappa shape index (κ2) is 15.9. The summed E-state index contributed by atoms with van der Waals surface area (Å²) in [5.74, 6) is 1.23. The van der Waals surface area contributed by atoms with E-state index in [1.54, 1.807) is 12.3 Å². The topological polar surface area (TPSA) is 87.9 Å². The summed E-state index contributed by atoms with van der Waals surface area (Å²) in [6, 6.07) is 19.7. The Kier molecular flexibility index (Phi) is 11.5. The van der Waals surface area contributed by atoms with Crippen molar-refractivity contribution in [3.05, 3.63) is 111 Å². The van der Waals surface area contributed by atoms with E-state index in [0.717, 1.165) is 57.6 Å². The lowest BCUT2D eigenvalue weighted by atomic mass is 9.91. The summed E-state index contributed by atoms with van der Waals surface area (Å²) in [6.45, 7) is 13.7. The standard InChI is InChI=1S/C38H41ClN4O4/c1-5-43(6-2)38(44)34-12-8-11-33(27(34)4)32-10-7-9-30(26(32)3)25-47-37-19-36(46-24-29-17-28(20-40)21-41-22-29)31(18-35(37)39)23-42-13-15-45-16-14-42/h7-12,17-19,21-22H,5-6,13-16,23-25H2,1-4H3. The molecule has 1 fully saturated rings. The van der Waals surface area contributed by atoms with E-state index in [4.69, 9.17) is 25.8 Å². The third kappa shape index (κ3) is 8.12. The van der Waals surface area contributed by atoms with Crippen molar-refractivity contribution in [3.8, 4) is 28.7 Å². The SMILES string of the molecule is CCN(CC)C(=O)c1cccc(-c2cccc(COc3cc(OCc4cncc(C#N)c4)c(CN4CCOCC4)cc3Cl)c2C)c1C. The monoisotopic (exact) mass is 652 g/mol. The van der Waals surface area contributed by atoms with Crippen LogP contribution < -0.4 is 9.47 Å². The first-order valence-electron chi connectivity index (χ1n) is 16.0. The van der Waals surface area contributed by atoms with E-state index in [0.29, 0.717) is 61.5 Å². The number of rotatable bonds is 12. The first kappa shape index (κ1) is 33.9. The number of hydrogen-bond acceptors (Lipinski definition) is 7. The van der Waals surface area contributed by atoms with Crippen molar-refractivity contribution >= 4 is 17.5 Å². The van der Waals surface area contributed by atoms with E-state index in [1.165, 1.54) is 6.20 Å². The molecule has 4 aromatic rings. The fraction of sp³-hybridized carbons (Fsp3) is 0.342. The van der Waals surface area contributed by atoms with Gasteiger partial charge < -0.3 is 19.1 Å². The van der Waals surface area contributed by atoms with Crippen LogP contribution >= 0.6 is 11.6 Å². The van der Waals surface area contributed by atoms with Crippen LogP contribution in [-0.4, -0.2) is 60.1 Å². The van der Waals surface area contributed by atoms with Crippen LogP contribution in [0.15, 0.2) is 67.0 Å². The van der Waals surface area contributed by atoms with Gasteiger partial charge in [0.25, 0.3) is 5.91 Å². The summed E-state index contributed by atoms with van der Waals surface area (Å²) >= 11 is 6.82. The molecule has 1 saturated heterocycles. The van der Waals surface area contributed by atoms with Crippen molar-refractivity contribution in [2.75, 3.05) is 39.4 Å². The Bertz CT molecular complexity index is 1760. The molecule has 47 heavy (non-hydrogen) atoms. The van der Waals surface area contributed by atoms with Crippen LogP contribution in [0.4, 0.5) is 0 Å². The molecule has 0 aliphatic carbocycles. The molecule has 0 bridgehead atoms. The largest absolute Gasteiger partial charge is 0.488 e. The van der Waals surface area contributed by atoms with Gasteiger partial charge in [-0.05, 0) is 73.7 Å². The summed E-state index contributed by atoms with van der Waals surface area (Å²) in [5.41, 5.74) is 8.07. The van der Waals surface area contributed by atoms with E-state index in [2.05, 4.69) is 35.0 Å². The molecule has 0 radical (unpaired) electrons. The van der Waals surface area contributed by atoms with Crippen LogP contribution in [-0.2, 0) is 24.5 Å². The number of halogens is 1. The molecule has 1 aromatic heterocycles. The van der Waals surface area contributed by atoms with Gasteiger partial charge in [-0.2, -0.15) is 5.26 Å². The maximum atomic E-state index is 13.2. The number of aromatic nitrogens is 1. The Labute approximate surface area is 282 Å². The smallest absolute Gasteiger partial charge is 0.254 e. The van der Waals surface area contributed by atoms with Crippen molar-refractivity contribution < 1.29 is 19.0 Å². The summed E-state index contributed by atoms with van der Waals surface area (Å²) in [6.07, 6.45) is 3.23. The molecule has 3 aromatic carbocycles. The summed E-state index contributed by atoms with van der Waals surface area (Å²) in [4.78, 5) is 21.5. The first-order chi connectivity index (χ1) is 22.8.